The number of hydrogen-bond acceptors (Lipinski definition) is 2. The van der Waals surface area contributed by atoms with Gasteiger partial charge in [-0.05, 0) is 12.5 Å². The van der Waals surface area contributed by atoms with E-state index in [1.54, 1.807) is 11.8 Å². The molecule has 0 saturated heterocycles. The highest BCUT2D eigenvalue weighted by molar-refractivity contribution is 7.98. The van der Waals surface area contributed by atoms with Crippen LogP contribution < -0.4 is 0 Å². The van der Waals surface area contributed by atoms with Gasteiger partial charge in [-0.25, -0.2) is 4.79 Å². The summed E-state index contributed by atoms with van der Waals surface area (Å²) in [5.41, 5.74) is 2.16. The highest BCUT2D eigenvalue weighted by Crippen LogP contribution is 2.14. The van der Waals surface area contributed by atoms with E-state index in [-0.39, 0.29) is 0 Å². The van der Waals surface area contributed by atoms with Crippen LogP contribution in [-0.2, 0) is 10.5 Å². The maximum absolute atomic E-state index is 10.4. The molecule has 0 heterocycles. The van der Waals surface area contributed by atoms with Crippen LogP contribution in [0, 0.1) is 0 Å². The second kappa shape index (κ2) is 6.30. The predicted molar refractivity (Wildman–Crippen MR) is 64.0 cm³/mol. The summed E-state index contributed by atoms with van der Waals surface area (Å²) in [5.74, 6) is 0.820. The fraction of sp³-hybridized carbons (Fsp3) is 0.250. The number of carboxylic acid groups (broad SMARTS) is 1. The van der Waals surface area contributed by atoms with Crippen molar-refractivity contribution in [1.82, 2.24) is 0 Å². The molecule has 1 aromatic carbocycles. The summed E-state index contributed by atoms with van der Waals surface area (Å²) in [7, 11) is 0. The molecule has 0 spiro atoms. The third-order valence-electron chi connectivity index (χ3n) is 1.81. The summed E-state index contributed by atoms with van der Waals surface area (Å²) in [4.78, 5) is 10.4. The normalized spacial score (nSPS) is 11.4. The Labute approximate surface area is 94.0 Å². The molecule has 0 radical (unpaired) electrons. The molecular weight excluding hydrogens is 208 g/mol. The second-order valence-electron chi connectivity index (χ2n) is 3.31. The molecule has 0 fully saturated rings. The van der Waals surface area contributed by atoms with Crippen LogP contribution in [-0.4, -0.2) is 16.8 Å². The van der Waals surface area contributed by atoms with E-state index in [0.717, 1.165) is 17.1 Å². The molecule has 0 atom stereocenters. The van der Waals surface area contributed by atoms with Crippen molar-refractivity contribution in [3.05, 3.63) is 47.5 Å². The third-order valence-corrected chi connectivity index (χ3v) is 3.01. The zero-order chi connectivity index (χ0) is 11.1. The summed E-state index contributed by atoms with van der Waals surface area (Å²) in [6.07, 6.45) is 1.26. The Bertz CT molecular complexity index is 344. The Kier molecular flexibility index (Phi) is 4.98. The highest BCUT2D eigenvalue weighted by Gasteiger charge is 1.96. The van der Waals surface area contributed by atoms with Gasteiger partial charge in [-0.3, -0.25) is 0 Å². The van der Waals surface area contributed by atoms with Crippen LogP contribution in [0.1, 0.15) is 12.5 Å². The minimum Gasteiger partial charge on any atom is -0.478 e. The van der Waals surface area contributed by atoms with Crippen LogP contribution in [0.4, 0.5) is 0 Å². The molecule has 0 aliphatic heterocycles. The van der Waals surface area contributed by atoms with Crippen molar-refractivity contribution in [2.24, 2.45) is 0 Å². The van der Waals surface area contributed by atoms with E-state index in [0.29, 0.717) is 0 Å². The number of hydrogen-bond donors (Lipinski definition) is 1. The van der Waals surface area contributed by atoms with Crippen LogP contribution in [0.25, 0.3) is 0 Å². The van der Waals surface area contributed by atoms with E-state index in [1.165, 1.54) is 11.6 Å². The van der Waals surface area contributed by atoms with Gasteiger partial charge in [-0.2, -0.15) is 11.8 Å². The van der Waals surface area contributed by atoms with E-state index in [9.17, 15) is 4.79 Å². The molecule has 1 rings (SSSR count). The molecule has 0 amide bonds. The highest BCUT2D eigenvalue weighted by atomic mass is 32.2. The first kappa shape index (κ1) is 11.9. The largest absolute Gasteiger partial charge is 0.478 e. The Morgan fingerprint density at radius 2 is 2.07 bits per heavy atom. The average Bonchev–Trinajstić information content (AvgIpc) is 2.18. The molecule has 0 unspecified atom stereocenters. The summed E-state index contributed by atoms with van der Waals surface area (Å²) in [6.45, 7) is 1.84. The molecular formula is C12H14O2S. The van der Waals surface area contributed by atoms with Gasteiger partial charge in [0.15, 0.2) is 0 Å². The van der Waals surface area contributed by atoms with E-state index < -0.39 is 5.97 Å². The lowest BCUT2D eigenvalue weighted by atomic mass is 10.2. The maximum Gasteiger partial charge on any atom is 0.328 e. The van der Waals surface area contributed by atoms with Crippen molar-refractivity contribution in [2.75, 3.05) is 5.75 Å². The topological polar surface area (TPSA) is 37.3 Å². The van der Waals surface area contributed by atoms with Crippen LogP contribution >= 0.6 is 11.8 Å². The smallest absolute Gasteiger partial charge is 0.328 e. The monoisotopic (exact) mass is 222 g/mol. The number of thioether (sulfide) groups is 1. The third kappa shape index (κ3) is 5.27. The minimum absolute atomic E-state index is 0.765. The van der Waals surface area contributed by atoms with Crippen molar-refractivity contribution in [3.63, 3.8) is 0 Å². The van der Waals surface area contributed by atoms with Gasteiger partial charge in [0, 0.05) is 17.6 Å². The van der Waals surface area contributed by atoms with Crippen molar-refractivity contribution < 1.29 is 9.90 Å². The number of carboxylic acids is 1. The molecule has 15 heavy (non-hydrogen) atoms. The van der Waals surface area contributed by atoms with Crippen LogP contribution in [0.2, 0.25) is 0 Å². The van der Waals surface area contributed by atoms with Gasteiger partial charge in [-0.15, -0.1) is 0 Å². The Balaban J connectivity index is 2.31. The van der Waals surface area contributed by atoms with Crippen molar-refractivity contribution in [1.29, 1.82) is 0 Å². The summed E-state index contributed by atoms with van der Waals surface area (Å²) >= 11 is 1.72. The van der Waals surface area contributed by atoms with Gasteiger partial charge >= 0.3 is 5.97 Å². The van der Waals surface area contributed by atoms with E-state index in [1.807, 2.05) is 25.1 Å². The molecule has 0 aromatic heterocycles. The summed E-state index contributed by atoms with van der Waals surface area (Å²) < 4.78 is 0. The Morgan fingerprint density at radius 3 is 2.67 bits per heavy atom. The molecule has 0 aliphatic carbocycles. The van der Waals surface area contributed by atoms with E-state index in [4.69, 9.17) is 5.11 Å². The second-order valence-corrected chi connectivity index (χ2v) is 4.29. The zero-order valence-corrected chi connectivity index (χ0v) is 9.46. The number of benzene rings is 1. The lowest BCUT2D eigenvalue weighted by molar-refractivity contribution is -0.131. The molecule has 1 aromatic rings. The van der Waals surface area contributed by atoms with Crippen molar-refractivity contribution in [3.8, 4) is 0 Å². The Morgan fingerprint density at radius 1 is 1.40 bits per heavy atom. The molecule has 0 aliphatic rings. The molecule has 80 valence electrons. The summed E-state index contributed by atoms with van der Waals surface area (Å²) in [6, 6.07) is 10.2. The lowest BCUT2D eigenvalue weighted by Crippen LogP contribution is -1.92. The predicted octanol–water partition coefficient (Wildman–Crippen LogP) is 2.95. The Hall–Kier alpha value is -1.22. The summed E-state index contributed by atoms with van der Waals surface area (Å²) in [5, 5.41) is 8.51. The van der Waals surface area contributed by atoms with Crippen LogP contribution in [0.5, 0.6) is 0 Å². The average molecular weight is 222 g/mol. The van der Waals surface area contributed by atoms with E-state index in [2.05, 4.69) is 12.1 Å². The zero-order valence-electron chi connectivity index (χ0n) is 8.64. The van der Waals surface area contributed by atoms with Crippen molar-refractivity contribution >= 4 is 17.7 Å². The first-order valence-electron chi connectivity index (χ1n) is 4.70. The van der Waals surface area contributed by atoms with Gasteiger partial charge < -0.3 is 5.11 Å². The first-order valence-corrected chi connectivity index (χ1v) is 5.85. The number of rotatable bonds is 5. The molecule has 1 N–H and O–H groups in total. The maximum atomic E-state index is 10.4. The quantitative estimate of drug-likeness (QED) is 0.778. The molecule has 2 nitrogen and oxygen atoms in total. The lowest BCUT2D eigenvalue weighted by Gasteiger charge is -2.01. The van der Waals surface area contributed by atoms with Crippen molar-refractivity contribution in [2.45, 2.75) is 12.7 Å². The van der Waals surface area contributed by atoms with Gasteiger partial charge in [0.1, 0.15) is 0 Å². The first-order chi connectivity index (χ1) is 7.18. The SMILES string of the molecule is CC(=CC(=O)O)CSCc1ccccc1. The number of carbonyl (C=O) groups is 1. The molecule has 3 heteroatoms. The van der Waals surface area contributed by atoms with Gasteiger partial charge in [0.2, 0.25) is 0 Å². The standard InChI is InChI=1S/C12H14O2S/c1-10(7-12(13)14)8-15-9-11-5-3-2-4-6-11/h2-7H,8-9H2,1H3,(H,13,14). The minimum atomic E-state index is -0.868. The number of aliphatic carboxylic acids is 1. The van der Waals surface area contributed by atoms with Gasteiger partial charge in [0.25, 0.3) is 0 Å². The molecule has 0 saturated carbocycles. The fourth-order valence-corrected chi connectivity index (χ4v) is 2.09. The van der Waals surface area contributed by atoms with Gasteiger partial charge in [-0.1, -0.05) is 35.9 Å². The van der Waals surface area contributed by atoms with Gasteiger partial charge in [0.05, 0.1) is 0 Å². The van der Waals surface area contributed by atoms with Crippen LogP contribution in [0.15, 0.2) is 42.0 Å². The molecule has 0 bridgehead atoms. The fourth-order valence-electron chi connectivity index (χ4n) is 1.16. The van der Waals surface area contributed by atoms with E-state index >= 15 is 0 Å². The van der Waals surface area contributed by atoms with Crippen LogP contribution in [0.3, 0.4) is 0 Å².